The number of fused-ring (bicyclic) bond motifs is 1. The van der Waals surface area contributed by atoms with Crippen LogP contribution in [-0.4, -0.2) is 20.9 Å². The number of carboxylic acids is 1. The second-order valence-electron chi connectivity index (χ2n) is 6.67. The average Bonchev–Trinajstić information content (AvgIpc) is 3.07. The van der Waals surface area contributed by atoms with Crippen LogP contribution in [0.4, 0.5) is 13.2 Å². The first-order valence-electron chi connectivity index (χ1n) is 8.90. The van der Waals surface area contributed by atoms with E-state index in [1.165, 1.54) is 24.3 Å². The summed E-state index contributed by atoms with van der Waals surface area (Å²) in [6.07, 6.45) is -4.64. The van der Waals surface area contributed by atoms with Crippen LogP contribution in [0.25, 0.3) is 16.6 Å². The molecule has 4 aromatic rings. The lowest BCUT2D eigenvalue weighted by Crippen LogP contribution is -2.10. The maximum absolute atomic E-state index is 13.5. The summed E-state index contributed by atoms with van der Waals surface area (Å²) in [6, 6.07) is 17.0. The Labute approximate surface area is 174 Å². The number of carboxylic acid groups (broad SMARTS) is 1. The summed E-state index contributed by atoms with van der Waals surface area (Å²) in [5.74, 6) is -1.05. The van der Waals surface area contributed by atoms with Gasteiger partial charge in [0.2, 0.25) is 0 Å². The fraction of sp³-hybridized carbons (Fsp3) is 0.0909. The van der Waals surface area contributed by atoms with Crippen LogP contribution in [0.3, 0.4) is 0 Å². The topological polar surface area (TPSA) is 55.1 Å². The Bertz CT molecular complexity index is 1250. The van der Waals surface area contributed by atoms with Gasteiger partial charge in [-0.3, -0.25) is 0 Å². The molecule has 0 amide bonds. The van der Waals surface area contributed by atoms with Gasteiger partial charge in [0, 0.05) is 16.8 Å². The Morgan fingerprint density at radius 1 is 1.00 bits per heavy atom. The van der Waals surface area contributed by atoms with E-state index in [1.54, 1.807) is 41.1 Å². The molecule has 8 heteroatoms. The predicted molar refractivity (Wildman–Crippen MR) is 107 cm³/mol. The van der Waals surface area contributed by atoms with E-state index in [0.717, 1.165) is 6.07 Å². The number of aromatic carboxylic acids is 1. The highest BCUT2D eigenvalue weighted by atomic mass is 35.5. The molecule has 3 aromatic carbocycles. The average molecular weight is 431 g/mol. The highest BCUT2D eigenvalue weighted by Crippen LogP contribution is 2.37. The summed E-state index contributed by atoms with van der Waals surface area (Å²) >= 11 is 6.12. The minimum atomic E-state index is -4.54. The molecule has 0 aliphatic heterocycles. The number of carbonyl (C=O) groups is 1. The molecule has 0 bridgehead atoms. The Kier molecular flexibility index (Phi) is 4.99. The monoisotopic (exact) mass is 430 g/mol. The second kappa shape index (κ2) is 7.50. The molecule has 1 aromatic heterocycles. The van der Waals surface area contributed by atoms with Crippen LogP contribution < -0.4 is 0 Å². The molecule has 0 aliphatic rings. The van der Waals surface area contributed by atoms with Gasteiger partial charge in [0.15, 0.2) is 0 Å². The van der Waals surface area contributed by atoms with Crippen molar-refractivity contribution in [1.82, 2.24) is 9.78 Å². The molecular weight excluding hydrogens is 417 g/mol. The minimum Gasteiger partial charge on any atom is -0.478 e. The van der Waals surface area contributed by atoms with Gasteiger partial charge in [0.05, 0.1) is 28.0 Å². The molecule has 0 radical (unpaired) electrons. The van der Waals surface area contributed by atoms with E-state index >= 15 is 0 Å². The van der Waals surface area contributed by atoms with E-state index in [2.05, 4.69) is 5.10 Å². The summed E-state index contributed by atoms with van der Waals surface area (Å²) in [7, 11) is 0. The highest BCUT2D eigenvalue weighted by molar-refractivity contribution is 6.31. The molecule has 0 saturated heterocycles. The molecule has 0 spiro atoms. The van der Waals surface area contributed by atoms with Crippen molar-refractivity contribution in [3.05, 3.63) is 94.1 Å². The first kappa shape index (κ1) is 20.0. The second-order valence-corrected chi connectivity index (χ2v) is 7.08. The zero-order chi connectivity index (χ0) is 21.5. The third-order valence-corrected chi connectivity index (χ3v) is 5.15. The fourth-order valence-corrected chi connectivity index (χ4v) is 3.62. The summed E-state index contributed by atoms with van der Waals surface area (Å²) < 4.78 is 42.0. The normalized spacial score (nSPS) is 11.7. The Morgan fingerprint density at radius 2 is 1.70 bits per heavy atom. The molecule has 4 rings (SSSR count). The summed E-state index contributed by atoms with van der Waals surface area (Å²) in [5.41, 5.74) is 1.02. The van der Waals surface area contributed by atoms with Crippen molar-refractivity contribution in [2.75, 3.05) is 0 Å². The van der Waals surface area contributed by atoms with Crippen LogP contribution in [0.1, 0.15) is 27.2 Å². The third-order valence-electron chi connectivity index (χ3n) is 4.79. The largest absolute Gasteiger partial charge is 0.478 e. The quantitative estimate of drug-likeness (QED) is 0.433. The Balaban J connectivity index is 1.84. The number of rotatable bonds is 4. The predicted octanol–water partition coefficient (Wildman–Crippen LogP) is 5.99. The van der Waals surface area contributed by atoms with Gasteiger partial charge in [-0.15, -0.1) is 0 Å². The van der Waals surface area contributed by atoms with E-state index < -0.39 is 17.7 Å². The number of aromatic nitrogens is 2. The first-order valence-corrected chi connectivity index (χ1v) is 9.28. The van der Waals surface area contributed by atoms with Crippen molar-refractivity contribution in [3.8, 4) is 5.69 Å². The van der Waals surface area contributed by atoms with E-state index in [4.69, 9.17) is 16.7 Å². The van der Waals surface area contributed by atoms with Crippen LogP contribution in [0.15, 0.2) is 66.7 Å². The minimum absolute atomic E-state index is 0.0225. The highest BCUT2D eigenvalue weighted by Gasteiger charge is 2.34. The number of benzene rings is 3. The molecule has 0 fully saturated rings. The molecule has 0 aliphatic carbocycles. The van der Waals surface area contributed by atoms with Gasteiger partial charge in [-0.2, -0.15) is 18.3 Å². The van der Waals surface area contributed by atoms with Gasteiger partial charge < -0.3 is 5.11 Å². The van der Waals surface area contributed by atoms with Crippen LogP contribution >= 0.6 is 11.6 Å². The maximum Gasteiger partial charge on any atom is 0.416 e. The van der Waals surface area contributed by atoms with Crippen molar-refractivity contribution in [2.45, 2.75) is 12.6 Å². The lowest BCUT2D eigenvalue weighted by Gasteiger charge is -2.13. The number of hydrogen-bond acceptors (Lipinski definition) is 2. The molecule has 30 heavy (non-hydrogen) atoms. The molecule has 0 atom stereocenters. The van der Waals surface area contributed by atoms with E-state index in [-0.39, 0.29) is 22.6 Å². The fourth-order valence-electron chi connectivity index (χ4n) is 3.37. The first-order chi connectivity index (χ1) is 14.3. The van der Waals surface area contributed by atoms with Crippen molar-refractivity contribution in [3.63, 3.8) is 0 Å². The lowest BCUT2D eigenvalue weighted by atomic mass is 10.0. The number of alkyl halides is 3. The number of halogens is 4. The molecule has 1 heterocycles. The zero-order valence-electron chi connectivity index (χ0n) is 15.3. The number of nitrogens with zero attached hydrogens (tertiary/aromatic N) is 2. The third kappa shape index (κ3) is 3.64. The molecule has 152 valence electrons. The van der Waals surface area contributed by atoms with E-state index in [1.807, 2.05) is 0 Å². The van der Waals surface area contributed by atoms with E-state index in [0.29, 0.717) is 22.3 Å². The summed E-state index contributed by atoms with van der Waals surface area (Å²) in [6.45, 7) is 0. The van der Waals surface area contributed by atoms with E-state index in [9.17, 15) is 18.0 Å². The molecular formula is C22H14ClF3N2O2. The molecule has 4 nitrogen and oxygen atoms in total. The SMILES string of the molecule is O=C(O)c1ccc(-n2nc(Cc3c(Cl)cccc3C(F)(F)F)c3ccccc32)cc1. The summed E-state index contributed by atoms with van der Waals surface area (Å²) in [5, 5.41) is 14.3. The van der Waals surface area contributed by atoms with Crippen LogP contribution in [0, 0.1) is 0 Å². The van der Waals surface area contributed by atoms with Gasteiger partial charge in [-0.05, 0) is 48.0 Å². The van der Waals surface area contributed by atoms with Crippen LogP contribution in [0.5, 0.6) is 0 Å². The number of hydrogen-bond donors (Lipinski definition) is 1. The lowest BCUT2D eigenvalue weighted by molar-refractivity contribution is -0.138. The van der Waals surface area contributed by atoms with Crippen molar-refractivity contribution in [2.24, 2.45) is 0 Å². The molecule has 0 unspecified atom stereocenters. The van der Waals surface area contributed by atoms with Crippen LogP contribution in [0.2, 0.25) is 5.02 Å². The van der Waals surface area contributed by atoms with Crippen molar-refractivity contribution >= 4 is 28.5 Å². The van der Waals surface area contributed by atoms with Gasteiger partial charge >= 0.3 is 12.1 Å². The Hall–Kier alpha value is -3.32. The van der Waals surface area contributed by atoms with Gasteiger partial charge in [-0.25, -0.2) is 9.48 Å². The molecule has 0 saturated carbocycles. The maximum atomic E-state index is 13.5. The summed E-state index contributed by atoms with van der Waals surface area (Å²) in [4.78, 5) is 11.1. The van der Waals surface area contributed by atoms with Crippen molar-refractivity contribution in [1.29, 1.82) is 0 Å². The van der Waals surface area contributed by atoms with Crippen molar-refractivity contribution < 1.29 is 23.1 Å². The Morgan fingerprint density at radius 3 is 2.37 bits per heavy atom. The van der Waals surface area contributed by atoms with Gasteiger partial charge in [-0.1, -0.05) is 35.9 Å². The number of para-hydroxylation sites is 1. The zero-order valence-corrected chi connectivity index (χ0v) is 16.1. The smallest absolute Gasteiger partial charge is 0.416 e. The van der Waals surface area contributed by atoms with Crippen LogP contribution in [-0.2, 0) is 12.6 Å². The van der Waals surface area contributed by atoms with Gasteiger partial charge in [0.1, 0.15) is 0 Å². The standard InChI is InChI=1S/C22H14ClF3N2O2/c23-18-6-3-5-17(22(24,25)26)16(18)12-19-15-4-1-2-7-20(15)28(27-19)14-10-8-13(9-11-14)21(29)30/h1-11H,12H2,(H,29,30). The molecule has 1 N–H and O–H groups in total. The van der Waals surface area contributed by atoms with Gasteiger partial charge in [0.25, 0.3) is 0 Å².